The third kappa shape index (κ3) is 5.16. The van der Waals surface area contributed by atoms with Crippen LogP contribution in [0.15, 0.2) is 109 Å². The molecule has 234 valence electrons. The first kappa shape index (κ1) is 30.2. The van der Waals surface area contributed by atoms with Gasteiger partial charge in [0.25, 0.3) is 0 Å². The summed E-state index contributed by atoms with van der Waals surface area (Å²) in [4.78, 5) is 2.54. The molecule has 0 aliphatic carbocycles. The summed E-state index contributed by atoms with van der Waals surface area (Å²) >= 11 is 0. The Morgan fingerprint density at radius 1 is 0.478 bits per heavy atom. The molecule has 0 amide bonds. The van der Waals surface area contributed by atoms with Gasteiger partial charge < -0.3 is 14.0 Å². The van der Waals surface area contributed by atoms with Crippen molar-refractivity contribution in [2.24, 2.45) is 5.41 Å². The molecule has 46 heavy (non-hydrogen) atoms. The van der Waals surface area contributed by atoms with Crippen LogP contribution in [0.5, 0.6) is 0 Å². The summed E-state index contributed by atoms with van der Waals surface area (Å²) in [5.74, 6) is 0. The van der Waals surface area contributed by atoms with Gasteiger partial charge in [-0.15, -0.1) is 0 Å². The minimum Gasteiger partial charge on any atom is -0.337 e. The number of rotatable bonds is 3. The van der Waals surface area contributed by atoms with E-state index in [1.54, 1.807) is 0 Å². The van der Waals surface area contributed by atoms with Crippen LogP contribution in [-0.4, -0.2) is 15.7 Å². The first-order valence-corrected chi connectivity index (χ1v) is 16.7. The molecule has 0 saturated heterocycles. The third-order valence-corrected chi connectivity index (χ3v) is 9.52. The van der Waals surface area contributed by atoms with Crippen molar-refractivity contribution in [3.05, 3.63) is 126 Å². The average Bonchev–Trinajstić information content (AvgIpc) is 3.60. The van der Waals surface area contributed by atoms with Gasteiger partial charge >= 0.3 is 0 Å². The van der Waals surface area contributed by atoms with E-state index in [2.05, 4.69) is 186 Å². The fourth-order valence-corrected chi connectivity index (χ4v) is 6.99. The zero-order chi connectivity index (χ0) is 32.6. The zero-order valence-corrected chi connectivity index (χ0v) is 28.9. The molecular formula is C43H47N3. The van der Waals surface area contributed by atoms with Crippen molar-refractivity contribution in [2.45, 2.75) is 73.1 Å². The highest BCUT2D eigenvalue weighted by molar-refractivity contribution is 5.87. The first-order chi connectivity index (χ1) is 21.7. The van der Waals surface area contributed by atoms with Crippen LogP contribution in [0.1, 0.15) is 79.3 Å². The molecular weight excluding hydrogens is 558 g/mol. The minimum absolute atomic E-state index is 0.0498. The van der Waals surface area contributed by atoms with Crippen molar-refractivity contribution in [1.29, 1.82) is 0 Å². The molecule has 0 spiro atoms. The van der Waals surface area contributed by atoms with Crippen LogP contribution in [0.25, 0.3) is 39.3 Å². The fraction of sp³-hybridized carbons (Fsp3) is 0.302. The summed E-state index contributed by atoms with van der Waals surface area (Å²) in [6.45, 7) is 21.8. The van der Waals surface area contributed by atoms with E-state index in [-0.39, 0.29) is 16.2 Å². The van der Waals surface area contributed by atoms with Crippen molar-refractivity contribution < 1.29 is 0 Å². The summed E-state index contributed by atoms with van der Waals surface area (Å²) < 4.78 is 5.00. The van der Waals surface area contributed by atoms with E-state index < -0.39 is 0 Å². The highest BCUT2D eigenvalue weighted by Crippen LogP contribution is 2.43. The van der Waals surface area contributed by atoms with Crippen LogP contribution < -0.4 is 4.90 Å². The van der Waals surface area contributed by atoms with Crippen LogP contribution in [0.3, 0.4) is 0 Å². The van der Waals surface area contributed by atoms with Crippen molar-refractivity contribution >= 4 is 39.3 Å². The van der Waals surface area contributed by atoms with Gasteiger partial charge in [0.1, 0.15) is 0 Å². The SMILES string of the molecule is CC(C)(C)C1=Cc2ccccc2N(c2cc(-n3c(C(C)(C)C)cc4ccccc43)cc(-n3c(C(C)(C)C)cc4ccccc43)c2)C1. The molecule has 0 fully saturated rings. The van der Waals surface area contributed by atoms with Gasteiger partial charge in [-0.3, -0.25) is 0 Å². The van der Waals surface area contributed by atoms with E-state index in [1.165, 1.54) is 67.1 Å². The molecule has 2 aromatic heterocycles. The predicted octanol–water partition coefficient (Wildman–Crippen LogP) is 11.8. The monoisotopic (exact) mass is 605 g/mol. The molecule has 4 aromatic carbocycles. The van der Waals surface area contributed by atoms with Crippen molar-refractivity contribution in [2.75, 3.05) is 11.4 Å². The maximum atomic E-state index is 2.54. The molecule has 0 radical (unpaired) electrons. The third-order valence-electron chi connectivity index (χ3n) is 9.52. The molecule has 3 nitrogen and oxygen atoms in total. The minimum atomic E-state index is -0.0498. The standard InChI is InChI=1S/C43H47N3/c1-41(2,3)32-22-29-16-10-13-19-36(29)44(28-32)33-25-34(45-37-20-14-11-17-30(37)23-39(45)42(4,5)6)27-35(26-33)46-38-21-15-12-18-31(38)24-40(46)43(7,8)9/h10-27H,28H2,1-9H3. The van der Waals surface area contributed by atoms with Gasteiger partial charge in [-0.05, 0) is 65.1 Å². The maximum absolute atomic E-state index is 2.54. The number of benzene rings is 4. The summed E-state index contributed by atoms with van der Waals surface area (Å²) in [6.07, 6.45) is 2.41. The van der Waals surface area contributed by atoms with Crippen LogP contribution in [-0.2, 0) is 10.8 Å². The van der Waals surface area contributed by atoms with Crippen molar-refractivity contribution in [1.82, 2.24) is 9.13 Å². The Morgan fingerprint density at radius 3 is 1.43 bits per heavy atom. The van der Waals surface area contributed by atoms with Gasteiger partial charge in [0.05, 0.1) is 22.4 Å². The molecule has 3 heteroatoms. The molecule has 0 saturated carbocycles. The number of nitrogens with zero attached hydrogens (tertiary/aromatic N) is 3. The second-order valence-corrected chi connectivity index (χ2v) is 16.1. The predicted molar refractivity (Wildman–Crippen MR) is 198 cm³/mol. The maximum Gasteiger partial charge on any atom is 0.0531 e. The van der Waals surface area contributed by atoms with Crippen LogP contribution >= 0.6 is 0 Å². The molecule has 0 bridgehead atoms. The van der Waals surface area contributed by atoms with E-state index >= 15 is 0 Å². The Morgan fingerprint density at radius 2 is 0.935 bits per heavy atom. The average molecular weight is 606 g/mol. The first-order valence-electron chi connectivity index (χ1n) is 16.7. The Balaban J connectivity index is 1.57. The van der Waals surface area contributed by atoms with Crippen LogP contribution in [0, 0.1) is 5.41 Å². The number of hydrogen-bond donors (Lipinski definition) is 0. The number of anilines is 2. The Kier molecular flexibility index (Phi) is 6.90. The molecule has 0 unspecified atom stereocenters. The largest absolute Gasteiger partial charge is 0.337 e. The van der Waals surface area contributed by atoms with E-state index in [9.17, 15) is 0 Å². The second-order valence-electron chi connectivity index (χ2n) is 16.1. The Labute approximate surface area is 274 Å². The summed E-state index contributed by atoms with van der Waals surface area (Å²) in [6, 6.07) is 38.5. The topological polar surface area (TPSA) is 13.1 Å². The molecule has 0 N–H and O–H groups in total. The number of aromatic nitrogens is 2. The second kappa shape index (κ2) is 10.5. The summed E-state index contributed by atoms with van der Waals surface area (Å²) in [5, 5.41) is 2.53. The quantitative estimate of drug-likeness (QED) is 0.196. The van der Waals surface area contributed by atoms with Crippen molar-refractivity contribution in [3.63, 3.8) is 0 Å². The normalized spacial score (nSPS) is 14.2. The Hall–Kier alpha value is -4.50. The van der Waals surface area contributed by atoms with Crippen LogP contribution in [0.4, 0.5) is 11.4 Å². The lowest BCUT2D eigenvalue weighted by atomic mass is 9.83. The highest BCUT2D eigenvalue weighted by atomic mass is 15.2. The van der Waals surface area contributed by atoms with Gasteiger partial charge in [-0.25, -0.2) is 0 Å². The molecule has 1 aliphatic rings. The van der Waals surface area contributed by atoms with Gasteiger partial charge in [0, 0.05) is 50.9 Å². The highest BCUT2D eigenvalue weighted by Gasteiger charge is 2.29. The molecule has 3 heterocycles. The van der Waals surface area contributed by atoms with Gasteiger partial charge in [0.15, 0.2) is 0 Å². The smallest absolute Gasteiger partial charge is 0.0531 e. The number of hydrogen-bond acceptors (Lipinski definition) is 1. The summed E-state index contributed by atoms with van der Waals surface area (Å²) in [5.41, 5.74) is 12.5. The lowest BCUT2D eigenvalue weighted by molar-refractivity contribution is 0.496. The van der Waals surface area contributed by atoms with E-state index in [0.29, 0.717) is 0 Å². The number of fused-ring (bicyclic) bond motifs is 3. The fourth-order valence-electron chi connectivity index (χ4n) is 6.99. The molecule has 0 atom stereocenters. The van der Waals surface area contributed by atoms with Crippen molar-refractivity contribution in [3.8, 4) is 11.4 Å². The lowest BCUT2D eigenvalue weighted by Crippen LogP contribution is -2.29. The van der Waals surface area contributed by atoms with E-state index in [0.717, 1.165) is 6.54 Å². The van der Waals surface area contributed by atoms with Gasteiger partial charge in [-0.2, -0.15) is 0 Å². The van der Waals surface area contributed by atoms with Crippen LogP contribution in [0.2, 0.25) is 0 Å². The number of para-hydroxylation sites is 3. The zero-order valence-electron chi connectivity index (χ0n) is 28.9. The van der Waals surface area contributed by atoms with Gasteiger partial charge in [0.2, 0.25) is 0 Å². The summed E-state index contributed by atoms with van der Waals surface area (Å²) in [7, 11) is 0. The molecule has 7 rings (SSSR count). The van der Waals surface area contributed by atoms with E-state index in [1.807, 2.05) is 0 Å². The Bertz CT molecular complexity index is 2020. The molecule has 6 aromatic rings. The lowest BCUT2D eigenvalue weighted by Gasteiger charge is -2.37. The van der Waals surface area contributed by atoms with Gasteiger partial charge in [-0.1, -0.05) is 123 Å². The van der Waals surface area contributed by atoms with E-state index in [4.69, 9.17) is 0 Å². The molecule has 1 aliphatic heterocycles.